The van der Waals surface area contributed by atoms with Gasteiger partial charge in [0.1, 0.15) is 24.2 Å². The highest BCUT2D eigenvalue weighted by Crippen LogP contribution is 2.24. The molecule has 0 aliphatic rings. The molecule has 4 rings (SSSR count). The number of nitrogens with one attached hydrogen (secondary N) is 2. The molecule has 2 aromatic heterocycles. The van der Waals surface area contributed by atoms with E-state index in [-0.39, 0.29) is 12.1 Å². The van der Waals surface area contributed by atoms with E-state index in [0.29, 0.717) is 18.2 Å². The van der Waals surface area contributed by atoms with Crippen LogP contribution in [0.4, 0.5) is 0 Å². The number of aliphatic hydroxyl groups excluding tert-OH is 1. The Kier molecular flexibility index (Phi) is 9.01. The van der Waals surface area contributed by atoms with Crippen LogP contribution < -0.4 is 14.8 Å². The van der Waals surface area contributed by atoms with Gasteiger partial charge in [-0.25, -0.2) is 4.98 Å². The molecule has 0 aliphatic carbocycles. The van der Waals surface area contributed by atoms with E-state index >= 15 is 0 Å². The molecule has 0 amide bonds. The second-order valence-electron chi connectivity index (χ2n) is 8.41. The highest BCUT2D eigenvalue weighted by atomic mass is 16.5. The van der Waals surface area contributed by atoms with Crippen LogP contribution in [0.5, 0.6) is 17.4 Å². The third-order valence-corrected chi connectivity index (χ3v) is 5.12. The molecule has 0 bridgehead atoms. The van der Waals surface area contributed by atoms with Crippen molar-refractivity contribution in [2.45, 2.75) is 45.8 Å². The molecule has 7 nitrogen and oxygen atoms in total. The first-order valence-electron chi connectivity index (χ1n) is 11.6. The van der Waals surface area contributed by atoms with E-state index in [2.05, 4.69) is 34.3 Å². The van der Waals surface area contributed by atoms with E-state index in [9.17, 15) is 5.11 Å². The molecule has 34 heavy (non-hydrogen) atoms. The Morgan fingerprint density at radius 1 is 1.03 bits per heavy atom. The maximum Gasteiger partial charge on any atom is 0.219 e. The molecular formula is C27H34N4O3. The van der Waals surface area contributed by atoms with Crippen LogP contribution in [-0.4, -0.2) is 45.1 Å². The number of hydrogen-bond donors (Lipinski definition) is 3. The smallest absolute Gasteiger partial charge is 0.219 e. The lowest BCUT2D eigenvalue weighted by Crippen LogP contribution is -2.46. The number of aromatic nitrogens is 3. The van der Waals surface area contributed by atoms with Crippen molar-refractivity contribution >= 4 is 10.9 Å². The molecule has 0 radical (unpaired) electrons. The summed E-state index contributed by atoms with van der Waals surface area (Å²) in [6.07, 6.45) is 3.60. The lowest BCUT2D eigenvalue weighted by atomic mass is 9.94. The molecule has 4 aromatic rings. The molecular weight excluding hydrogens is 428 g/mol. The largest absolute Gasteiger partial charge is 0.490 e. The number of benzene rings is 2. The maximum atomic E-state index is 10.4. The average molecular weight is 463 g/mol. The summed E-state index contributed by atoms with van der Waals surface area (Å²) in [6.45, 7) is 8.86. The van der Waals surface area contributed by atoms with Gasteiger partial charge in [0.15, 0.2) is 0 Å². The van der Waals surface area contributed by atoms with Crippen molar-refractivity contribution in [2.24, 2.45) is 0 Å². The van der Waals surface area contributed by atoms with Crippen molar-refractivity contribution in [3.63, 3.8) is 0 Å². The fourth-order valence-electron chi connectivity index (χ4n) is 3.48. The Morgan fingerprint density at radius 2 is 1.82 bits per heavy atom. The summed E-state index contributed by atoms with van der Waals surface area (Å²) >= 11 is 0. The van der Waals surface area contributed by atoms with E-state index in [1.54, 1.807) is 12.4 Å². The van der Waals surface area contributed by atoms with Crippen LogP contribution in [0.3, 0.4) is 0 Å². The molecule has 0 unspecified atom stereocenters. The minimum absolute atomic E-state index is 0.199. The number of rotatable bonds is 10. The van der Waals surface area contributed by atoms with E-state index in [4.69, 9.17) is 9.47 Å². The topological polar surface area (TPSA) is 92.3 Å². The second-order valence-corrected chi connectivity index (χ2v) is 8.41. The Morgan fingerprint density at radius 3 is 2.56 bits per heavy atom. The molecule has 0 spiro atoms. The van der Waals surface area contributed by atoms with Crippen molar-refractivity contribution < 1.29 is 14.6 Å². The van der Waals surface area contributed by atoms with E-state index < -0.39 is 6.10 Å². The average Bonchev–Trinajstić information content (AvgIpc) is 3.34. The van der Waals surface area contributed by atoms with Gasteiger partial charge in [0, 0.05) is 24.3 Å². The zero-order chi connectivity index (χ0) is 24.4. The minimum Gasteiger partial charge on any atom is -0.490 e. The van der Waals surface area contributed by atoms with Crippen molar-refractivity contribution in [2.75, 3.05) is 13.2 Å². The van der Waals surface area contributed by atoms with Crippen LogP contribution in [0.2, 0.25) is 0 Å². The monoisotopic (exact) mass is 462 g/mol. The van der Waals surface area contributed by atoms with Crippen LogP contribution >= 0.6 is 0 Å². The molecule has 2 heterocycles. The van der Waals surface area contributed by atoms with E-state index in [0.717, 1.165) is 23.1 Å². The molecule has 180 valence electrons. The molecule has 0 aliphatic heterocycles. The number of hydrogen-bond acceptors (Lipinski definition) is 6. The van der Waals surface area contributed by atoms with Crippen LogP contribution in [0.25, 0.3) is 10.9 Å². The summed E-state index contributed by atoms with van der Waals surface area (Å²) < 4.78 is 11.6. The van der Waals surface area contributed by atoms with Crippen LogP contribution in [0.15, 0.2) is 73.1 Å². The van der Waals surface area contributed by atoms with Gasteiger partial charge in [-0.3, -0.25) is 5.10 Å². The summed E-state index contributed by atoms with van der Waals surface area (Å²) in [5, 5.41) is 21.7. The molecule has 0 saturated carbocycles. The predicted octanol–water partition coefficient (Wildman–Crippen LogP) is 5.13. The molecule has 0 fully saturated rings. The Balaban J connectivity index is 0.00000158. The van der Waals surface area contributed by atoms with Gasteiger partial charge < -0.3 is 19.9 Å². The number of β-amino-alcohol motifs (C(OH)–C–C–N with tert-alkyl or cyclic N) is 1. The SMILES string of the molecule is CC.CC(C)(Cc1ccc(Oc2ccccn2)cc1)NC[C@H](O)COc1cccc2[nH]ncc12. The minimum atomic E-state index is -0.634. The zero-order valence-corrected chi connectivity index (χ0v) is 20.3. The predicted molar refractivity (Wildman–Crippen MR) is 135 cm³/mol. The molecule has 3 N–H and O–H groups in total. The van der Waals surface area contributed by atoms with Gasteiger partial charge >= 0.3 is 0 Å². The fraction of sp³-hybridized carbons (Fsp3) is 0.333. The summed E-state index contributed by atoms with van der Waals surface area (Å²) in [5.74, 6) is 2.03. The van der Waals surface area contributed by atoms with Crippen LogP contribution in [0, 0.1) is 0 Å². The van der Waals surface area contributed by atoms with Crippen LogP contribution in [0.1, 0.15) is 33.3 Å². The van der Waals surface area contributed by atoms with Crippen molar-refractivity contribution in [3.05, 3.63) is 78.6 Å². The van der Waals surface area contributed by atoms with Crippen molar-refractivity contribution in [1.29, 1.82) is 0 Å². The van der Waals surface area contributed by atoms with Gasteiger partial charge in [0.25, 0.3) is 0 Å². The standard InChI is InChI=1S/C25H28N4O3.C2H6/c1-25(2,14-18-9-11-20(12-10-18)32-24-8-3-4-13-26-24)27-15-19(30)17-31-23-7-5-6-22-21(23)16-28-29-22;1-2/h3-13,16,19,27,30H,14-15,17H2,1-2H3,(H,28,29);1-2H3/t19-;/m0./s1. The number of nitrogens with zero attached hydrogens (tertiary/aromatic N) is 2. The number of fused-ring (bicyclic) bond motifs is 1. The highest BCUT2D eigenvalue weighted by Gasteiger charge is 2.20. The van der Waals surface area contributed by atoms with Gasteiger partial charge in [-0.2, -0.15) is 5.10 Å². The third kappa shape index (κ3) is 7.30. The van der Waals surface area contributed by atoms with Crippen LogP contribution in [-0.2, 0) is 6.42 Å². The van der Waals surface area contributed by atoms with Gasteiger partial charge in [-0.05, 0) is 56.2 Å². The maximum absolute atomic E-state index is 10.4. The lowest BCUT2D eigenvalue weighted by Gasteiger charge is -2.28. The van der Waals surface area contributed by atoms with Crippen molar-refractivity contribution in [3.8, 4) is 17.4 Å². The van der Waals surface area contributed by atoms with Gasteiger partial charge in [0.2, 0.25) is 5.88 Å². The first-order chi connectivity index (χ1) is 16.5. The zero-order valence-electron chi connectivity index (χ0n) is 20.3. The summed E-state index contributed by atoms with van der Waals surface area (Å²) in [5.41, 5.74) is 1.88. The highest BCUT2D eigenvalue weighted by molar-refractivity contribution is 5.84. The Labute approximate surface area is 201 Å². The molecule has 1 atom stereocenters. The number of H-pyrrole nitrogens is 1. The summed E-state index contributed by atoms with van der Waals surface area (Å²) in [6, 6.07) is 19.3. The summed E-state index contributed by atoms with van der Waals surface area (Å²) in [4.78, 5) is 4.17. The lowest BCUT2D eigenvalue weighted by molar-refractivity contribution is 0.0996. The first kappa shape index (κ1) is 25.2. The quantitative estimate of drug-likeness (QED) is 0.303. The van der Waals surface area contributed by atoms with Gasteiger partial charge in [0.05, 0.1) is 17.1 Å². The fourth-order valence-corrected chi connectivity index (χ4v) is 3.48. The van der Waals surface area contributed by atoms with E-state index in [1.807, 2.05) is 74.5 Å². The third-order valence-electron chi connectivity index (χ3n) is 5.12. The molecule has 7 heteroatoms. The number of aromatic amines is 1. The molecule has 2 aromatic carbocycles. The van der Waals surface area contributed by atoms with Crippen molar-refractivity contribution in [1.82, 2.24) is 20.5 Å². The van der Waals surface area contributed by atoms with E-state index in [1.165, 1.54) is 5.56 Å². The number of ether oxygens (including phenoxy) is 2. The Bertz CT molecular complexity index is 1130. The first-order valence-corrected chi connectivity index (χ1v) is 11.6. The normalized spacial score (nSPS) is 12.0. The Hall–Kier alpha value is -3.42. The number of pyridine rings is 1. The van der Waals surface area contributed by atoms with Gasteiger partial charge in [-0.1, -0.05) is 38.1 Å². The van der Waals surface area contributed by atoms with Gasteiger partial charge in [-0.15, -0.1) is 0 Å². The second kappa shape index (κ2) is 12.2. The summed E-state index contributed by atoms with van der Waals surface area (Å²) in [7, 11) is 0. The number of aliphatic hydroxyl groups is 1. The molecule has 0 saturated heterocycles.